The molecule has 7 heteroatoms. The van der Waals surface area contributed by atoms with E-state index in [9.17, 15) is 0 Å². The molecule has 3 rings (SSSR count). The highest BCUT2D eigenvalue weighted by atomic mass is 127. The summed E-state index contributed by atoms with van der Waals surface area (Å²) in [4.78, 5) is 6.84. The first kappa shape index (κ1) is 21.1. The molecule has 0 bridgehead atoms. The lowest BCUT2D eigenvalue weighted by atomic mass is 10.1. The summed E-state index contributed by atoms with van der Waals surface area (Å²) in [6.45, 7) is 7.59. The fraction of sp³-hybridized carbons (Fsp3) is 0.474. The van der Waals surface area contributed by atoms with Crippen molar-refractivity contribution >= 4 is 41.7 Å². The van der Waals surface area contributed by atoms with Gasteiger partial charge in [0.2, 0.25) is 0 Å². The standard InChI is InChI=1S/C19H27N5S.HI/c1-19(2)15-23(13-14-25-19)18(20-3)21-11-9-16-5-7-17(8-6-16)24-12-4-10-22-24;/h4-8,10,12H,9,11,13-15H2,1-3H3,(H,20,21);1H. The van der Waals surface area contributed by atoms with Crippen LogP contribution in [0.2, 0.25) is 0 Å². The van der Waals surface area contributed by atoms with Crippen LogP contribution in [0.1, 0.15) is 19.4 Å². The molecule has 2 heterocycles. The molecule has 1 saturated heterocycles. The number of guanidine groups is 1. The van der Waals surface area contributed by atoms with Crippen LogP contribution in [0.3, 0.4) is 0 Å². The topological polar surface area (TPSA) is 45.5 Å². The highest BCUT2D eigenvalue weighted by Crippen LogP contribution is 2.29. The second-order valence-electron chi connectivity index (χ2n) is 6.87. The normalized spacial score (nSPS) is 16.9. The Kier molecular flexibility index (Phi) is 7.82. The SMILES string of the molecule is CN=C(NCCc1ccc(-n2cccn2)cc1)N1CCSC(C)(C)C1.I. The highest BCUT2D eigenvalue weighted by Gasteiger charge is 2.28. The van der Waals surface area contributed by atoms with Gasteiger partial charge in [-0.15, -0.1) is 24.0 Å². The number of hydrogen-bond acceptors (Lipinski definition) is 3. The molecule has 1 aliphatic heterocycles. The predicted octanol–water partition coefficient (Wildman–Crippen LogP) is 3.44. The van der Waals surface area contributed by atoms with Crippen LogP contribution in [0.5, 0.6) is 0 Å². The average Bonchev–Trinajstić information content (AvgIpc) is 3.13. The maximum absolute atomic E-state index is 4.47. The van der Waals surface area contributed by atoms with E-state index in [1.54, 1.807) is 6.20 Å². The maximum atomic E-state index is 4.47. The van der Waals surface area contributed by atoms with Crippen LogP contribution >= 0.6 is 35.7 Å². The number of aliphatic imine (C=N–C) groups is 1. The molecule has 1 aliphatic rings. The van der Waals surface area contributed by atoms with E-state index >= 15 is 0 Å². The first-order valence-corrected chi connectivity index (χ1v) is 9.74. The second-order valence-corrected chi connectivity index (χ2v) is 8.67. The monoisotopic (exact) mass is 485 g/mol. The van der Waals surface area contributed by atoms with Crippen LogP contribution in [0.25, 0.3) is 5.69 Å². The Morgan fingerprint density at radius 1 is 1.31 bits per heavy atom. The Balaban J connectivity index is 0.00000243. The van der Waals surface area contributed by atoms with Crippen molar-refractivity contribution in [1.29, 1.82) is 0 Å². The Morgan fingerprint density at radius 2 is 2.08 bits per heavy atom. The Morgan fingerprint density at radius 3 is 2.69 bits per heavy atom. The zero-order chi connectivity index (χ0) is 17.7. The van der Waals surface area contributed by atoms with Gasteiger partial charge in [0.05, 0.1) is 5.69 Å². The van der Waals surface area contributed by atoms with Crippen molar-refractivity contribution in [3.8, 4) is 5.69 Å². The van der Waals surface area contributed by atoms with Gasteiger partial charge >= 0.3 is 0 Å². The predicted molar refractivity (Wildman–Crippen MR) is 122 cm³/mol. The lowest BCUT2D eigenvalue weighted by Crippen LogP contribution is -2.51. The number of aromatic nitrogens is 2. The van der Waals surface area contributed by atoms with Gasteiger partial charge in [-0.1, -0.05) is 12.1 Å². The van der Waals surface area contributed by atoms with E-state index in [0.717, 1.165) is 43.5 Å². The van der Waals surface area contributed by atoms with E-state index in [0.29, 0.717) is 0 Å². The van der Waals surface area contributed by atoms with Gasteiger partial charge in [-0.05, 0) is 44.0 Å². The summed E-state index contributed by atoms with van der Waals surface area (Å²) in [5.74, 6) is 2.17. The number of nitrogens with zero attached hydrogens (tertiary/aromatic N) is 4. The first-order chi connectivity index (χ1) is 12.1. The van der Waals surface area contributed by atoms with E-state index in [-0.39, 0.29) is 28.7 Å². The molecular weight excluding hydrogens is 457 g/mol. The van der Waals surface area contributed by atoms with Crippen LogP contribution in [0.15, 0.2) is 47.7 Å². The molecule has 2 aromatic rings. The number of thioether (sulfide) groups is 1. The molecule has 0 amide bonds. The third-order valence-electron chi connectivity index (χ3n) is 4.34. The van der Waals surface area contributed by atoms with Crippen LogP contribution in [-0.2, 0) is 6.42 Å². The third-order valence-corrected chi connectivity index (χ3v) is 5.64. The number of rotatable bonds is 4. The third kappa shape index (κ3) is 5.64. The van der Waals surface area contributed by atoms with Crippen LogP contribution in [0, 0.1) is 0 Å². The molecule has 142 valence electrons. The van der Waals surface area contributed by atoms with E-state index in [1.165, 1.54) is 5.56 Å². The molecular formula is C19H28IN5S. The Hall–Kier alpha value is -1.22. The highest BCUT2D eigenvalue weighted by molar-refractivity contribution is 14.0. The van der Waals surface area contributed by atoms with Gasteiger partial charge in [-0.2, -0.15) is 16.9 Å². The van der Waals surface area contributed by atoms with Gasteiger partial charge in [0.1, 0.15) is 0 Å². The first-order valence-electron chi connectivity index (χ1n) is 8.76. The van der Waals surface area contributed by atoms with Crippen LogP contribution in [-0.4, -0.2) is 57.8 Å². The Labute approximate surface area is 177 Å². The van der Waals surface area contributed by atoms with Gasteiger partial charge in [0, 0.05) is 49.6 Å². The molecule has 0 radical (unpaired) electrons. The zero-order valence-electron chi connectivity index (χ0n) is 15.7. The quantitative estimate of drug-likeness (QED) is 0.410. The van der Waals surface area contributed by atoms with Crippen LogP contribution in [0.4, 0.5) is 0 Å². The molecule has 26 heavy (non-hydrogen) atoms. The van der Waals surface area contributed by atoms with Crippen molar-refractivity contribution in [2.24, 2.45) is 4.99 Å². The van der Waals surface area contributed by atoms with E-state index in [2.05, 4.69) is 58.4 Å². The lowest BCUT2D eigenvalue weighted by Gasteiger charge is -2.39. The molecule has 1 N–H and O–H groups in total. The molecule has 1 fully saturated rings. The fourth-order valence-corrected chi connectivity index (χ4v) is 4.20. The summed E-state index contributed by atoms with van der Waals surface area (Å²) in [5, 5.41) is 7.77. The summed E-state index contributed by atoms with van der Waals surface area (Å²) in [5.41, 5.74) is 2.40. The van der Waals surface area contributed by atoms with Gasteiger partial charge < -0.3 is 10.2 Å². The van der Waals surface area contributed by atoms with E-state index in [1.807, 2.05) is 35.8 Å². The van der Waals surface area contributed by atoms with Gasteiger partial charge in [-0.3, -0.25) is 4.99 Å². The Bertz CT molecular complexity index is 697. The summed E-state index contributed by atoms with van der Waals surface area (Å²) < 4.78 is 2.16. The largest absolute Gasteiger partial charge is 0.356 e. The second kappa shape index (κ2) is 9.64. The van der Waals surface area contributed by atoms with E-state index in [4.69, 9.17) is 0 Å². The summed E-state index contributed by atoms with van der Waals surface area (Å²) in [6.07, 6.45) is 4.73. The van der Waals surface area contributed by atoms with Gasteiger partial charge in [0.25, 0.3) is 0 Å². The fourth-order valence-electron chi connectivity index (χ4n) is 3.09. The number of halogens is 1. The minimum Gasteiger partial charge on any atom is -0.356 e. The summed E-state index contributed by atoms with van der Waals surface area (Å²) in [7, 11) is 1.87. The summed E-state index contributed by atoms with van der Waals surface area (Å²) >= 11 is 2.04. The minimum absolute atomic E-state index is 0. The minimum atomic E-state index is 0. The van der Waals surface area contributed by atoms with Gasteiger partial charge in [-0.25, -0.2) is 4.68 Å². The molecule has 0 aliphatic carbocycles. The lowest BCUT2D eigenvalue weighted by molar-refractivity contribution is 0.376. The van der Waals surface area contributed by atoms with Crippen LogP contribution < -0.4 is 5.32 Å². The molecule has 1 aromatic carbocycles. The molecule has 0 spiro atoms. The van der Waals surface area contributed by atoms with Crippen molar-refractivity contribution in [3.05, 3.63) is 48.3 Å². The smallest absolute Gasteiger partial charge is 0.193 e. The van der Waals surface area contributed by atoms with E-state index < -0.39 is 0 Å². The summed E-state index contributed by atoms with van der Waals surface area (Å²) in [6, 6.07) is 10.5. The van der Waals surface area contributed by atoms with Crippen molar-refractivity contribution in [2.75, 3.05) is 32.4 Å². The molecule has 5 nitrogen and oxygen atoms in total. The molecule has 0 saturated carbocycles. The number of nitrogens with one attached hydrogen (secondary N) is 1. The number of benzene rings is 1. The van der Waals surface area contributed by atoms with Crippen molar-refractivity contribution in [3.63, 3.8) is 0 Å². The molecule has 0 unspecified atom stereocenters. The molecule has 1 aromatic heterocycles. The maximum Gasteiger partial charge on any atom is 0.193 e. The number of hydrogen-bond donors (Lipinski definition) is 1. The van der Waals surface area contributed by atoms with Crippen molar-refractivity contribution < 1.29 is 0 Å². The van der Waals surface area contributed by atoms with Crippen molar-refractivity contribution in [1.82, 2.24) is 20.0 Å². The van der Waals surface area contributed by atoms with Gasteiger partial charge in [0.15, 0.2) is 5.96 Å². The average molecular weight is 485 g/mol. The molecule has 0 atom stereocenters. The zero-order valence-corrected chi connectivity index (χ0v) is 18.8. The van der Waals surface area contributed by atoms with Crippen molar-refractivity contribution in [2.45, 2.75) is 25.0 Å².